The number of benzene rings is 1. The van der Waals surface area contributed by atoms with Crippen LogP contribution in [0.25, 0.3) is 0 Å². The largest absolute Gasteiger partial charge is 0.462 e. The Kier molecular flexibility index (Phi) is 5.40. The molecule has 2 N–H and O–H groups in total. The maximum Gasteiger partial charge on any atom is 0.350 e. The first-order chi connectivity index (χ1) is 10.5. The number of hydrogen-bond acceptors (Lipinski definition) is 5. The molecule has 1 heterocycles. The van der Waals surface area contributed by atoms with E-state index >= 15 is 0 Å². The van der Waals surface area contributed by atoms with Gasteiger partial charge < -0.3 is 15.4 Å². The third kappa shape index (κ3) is 4.22. The molecular weight excluding hydrogens is 325 g/mol. The summed E-state index contributed by atoms with van der Waals surface area (Å²) >= 11 is 6.32. The molecule has 0 aliphatic carbocycles. The van der Waals surface area contributed by atoms with Crippen molar-refractivity contribution >= 4 is 45.5 Å². The number of rotatable bonds is 4. The van der Waals surface area contributed by atoms with Crippen molar-refractivity contribution in [2.75, 3.05) is 17.2 Å². The number of halogens is 1. The number of carbonyl (C=O) groups is 1. The van der Waals surface area contributed by atoms with E-state index in [1.807, 2.05) is 0 Å². The first kappa shape index (κ1) is 16.3. The lowest BCUT2D eigenvalue weighted by atomic mass is 10.3. The summed E-state index contributed by atoms with van der Waals surface area (Å²) in [4.78, 5) is 16.4. The highest BCUT2D eigenvalue weighted by molar-refractivity contribution is 7.80. The van der Waals surface area contributed by atoms with Crippen LogP contribution < -0.4 is 10.6 Å². The number of anilines is 2. The Labute approximate surface area is 136 Å². The van der Waals surface area contributed by atoms with Gasteiger partial charge in [0, 0.05) is 5.69 Å². The fourth-order valence-corrected chi connectivity index (χ4v) is 2.77. The molecule has 8 heteroatoms. The number of carbonyl (C=O) groups excluding carboxylic acids is 1. The number of thiazole rings is 1. The van der Waals surface area contributed by atoms with E-state index in [0.717, 1.165) is 11.3 Å². The van der Waals surface area contributed by atoms with E-state index in [1.165, 1.54) is 12.1 Å². The molecule has 0 fully saturated rings. The fraction of sp³-hybridized carbons (Fsp3) is 0.214. The molecule has 0 unspecified atom stereocenters. The van der Waals surface area contributed by atoms with Crippen molar-refractivity contribution < 1.29 is 13.9 Å². The Morgan fingerprint density at radius 2 is 2.05 bits per heavy atom. The van der Waals surface area contributed by atoms with Crippen LogP contribution in [0.15, 0.2) is 24.3 Å². The van der Waals surface area contributed by atoms with Gasteiger partial charge in [0.2, 0.25) is 0 Å². The van der Waals surface area contributed by atoms with Crippen LogP contribution in [0, 0.1) is 12.7 Å². The summed E-state index contributed by atoms with van der Waals surface area (Å²) in [7, 11) is 0. The van der Waals surface area contributed by atoms with Crippen molar-refractivity contribution in [2.45, 2.75) is 13.8 Å². The Balaban J connectivity index is 2.01. The lowest BCUT2D eigenvalue weighted by Crippen LogP contribution is -2.18. The Morgan fingerprint density at radius 1 is 1.36 bits per heavy atom. The number of esters is 1. The van der Waals surface area contributed by atoms with Crippen LogP contribution in [0.2, 0.25) is 0 Å². The molecule has 0 saturated carbocycles. The average Bonchev–Trinajstić information content (AvgIpc) is 2.82. The topological polar surface area (TPSA) is 63.2 Å². The van der Waals surface area contributed by atoms with Crippen molar-refractivity contribution in [1.29, 1.82) is 0 Å². The molecule has 0 atom stereocenters. The molecule has 2 rings (SSSR count). The van der Waals surface area contributed by atoms with Gasteiger partial charge in [-0.25, -0.2) is 14.2 Å². The Morgan fingerprint density at radius 3 is 2.68 bits per heavy atom. The molecule has 0 bridgehead atoms. The van der Waals surface area contributed by atoms with Crippen LogP contribution in [0.1, 0.15) is 22.3 Å². The Hall–Kier alpha value is -2.06. The van der Waals surface area contributed by atoms with Gasteiger partial charge in [0.05, 0.1) is 12.3 Å². The van der Waals surface area contributed by atoms with Gasteiger partial charge in [-0.1, -0.05) is 11.3 Å². The highest BCUT2D eigenvalue weighted by Gasteiger charge is 2.16. The standard InChI is InChI=1S/C14H14FN3O2S2/c1-3-20-12(19)11-8(2)16-14(22-11)18-13(21)17-10-6-4-9(15)5-7-10/h4-7H,3H2,1-2H3,(H2,16,17,18,21). The number of nitrogens with one attached hydrogen (secondary N) is 2. The summed E-state index contributed by atoms with van der Waals surface area (Å²) in [6, 6.07) is 5.80. The Bertz CT molecular complexity index is 686. The van der Waals surface area contributed by atoms with E-state index in [0.29, 0.717) is 33.1 Å². The number of hydrogen-bond donors (Lipinski definition) is 2. The maximum atomic E-state index is 12.8. The van der Waals surface area contributed by atoms with Crippen LogP contribution in [-0.2, 0) is 4.74 Å². The van der Waals surface area contributed by atoms with Gasteiger partial charge in [0.15, 0.2) is 10.2 Å². The summed E-state index contributed by atoms with van der Waals surface area (Å²) in [5.74, 6) is -0.720. The first-order valence-corrected chi connectivity index (χ1v) is 7.70. The summed E-state index contributed by atoms with van der Waals surface area (Å²) in [6.07, 6.45) is 0. The number of thiocarbonyl (C=S) groups is 1. The van der Waals surface area contributed by atoms with Gasteiger partial charge in [-0.2, -0.15) is 0 Å². The van der Waals surface area contributed by atoms with Crippen LogP contribution in [0.5, 0.6) is 0 Å². The van der Waals surface area contributed by atoms with Gasteiger partial charge in [-0.05, 0) is 50.3 Å². The number of nitrogens with zero attached hydrogens (tertiary/aromatic N) is 1. The minimum atomic E-state index is -0.400. The SMILES string of the molecule is CCOC(=O)c1sc(NC(=S)Nc2ccc(F)cc2)nc1C. The lowest BCUT2D eigenvalue weighted by molar-refractivity contribution is 0.0531. The predicted molar refractivity (Wildman–Crippen MR) is 89.1 cm³/mol. The molecule has 1 aromatic carbocycles. The van der Waals surface area contributed by atoms with Crippen molar-refractivity contribution in [3.05, 3.63) is 40.7 Å². The van der Waals surface area contributed by atoms with E-state index in [-0.39, 0.29) is 5.82 Å². The average molecular weight is 339 g/mol. The fourth-order valence-electron chi connectivity index (χ4n) is 1.63. The van der Waals surface area contributed by atoms with Crippen molar-refractivity contribution in [1.82, 2.24) is 4.98 Å². The molecule has 0 saturated heterocycles. The number of aryl methyl sites for hydroxylation is 1. The number of aromatic nitrogens is 1. The van der Waals surface area contributed by atoms with E-state index in [2.05, 4.69) is 15.6 Å². The minimum Gasteiger partial charge on any atom is -0.462 e. The molecule has 5 nitrogen and oxygen atoms in total. The zero-order chi connectivity index (χ0) is 16.1. The number of ether oxygens (including phenoxy) is 1. The summed E-state index contributed by atoms with van der Waals surface area (Å²) < 4.78 is 17.8. The van der Waals surface area contributed by atoms with Crippen LogP contribution in [0.4, 0.5) is 15.2 Å². The third-order valence-electron chi connectivity index (χ3n) is 2.58. The van der Waals surface area contributed by atoms with E-state index in [9.17, 15) is 9.18 Å². The highest BCUT2D eigenvalue weighted by Crippen LogP contribution is 2.23. The van der Waals surface area contributed by atoms with Crippen molar-refractivity contribution in [3.8, 4) is 0 Å². The molecule has 0 radical (unpaired) electrons. The molecule has 2 aromatic rings. The van der Waals surface area contributed by atoms with Crippen molar-refractivity contribution in [2.24, 2.45) is 0 Å². The van der Waals surface area contributed by atoms with Gasteiger partial charge in [0.1, 0.15) is 10.7 Å². The second kappa shape index (κ2) is 7.28. The summed E-state index contributed by atoms with van der Waals surface area (Å²) in [6.45, 7) is 3.78. The second-order valence-corrected chi connectivity index (χ2v) is 5.65. The van der Waals surface area contributed by atoms with Crippen LogP contribution in [0.3, 0.4) is 0 Å². The molecule has 0 amide bonds. The van der Waals surface area contributed by atoms with E-state index in [1.54, 1.807) is 26.0 Å². The molecular formula is C14H14FN3O2S2. The molecule has 0 aliphatic rings. The minimum absolute atomic E-state index is 0.302. The molecule has 1 aromatic heterocycles. The zero-order valence-corrected chi connectivity index (χ0v) is 13.6. The van der Waals surface area contributed by atoms with Crippen LogP contribution >= 0.6 is 23.6 Å². The smallest absolute Gasteiger partial charge is 0.350 e. The molecule has 0 aliphatic heterocycles. The summed E-state index contributed by atoms with van der Waals surface area (Å²) in [5, 5.41) is 6.58. The predicted octanol–water partition coefficient (Wildman–Crippen LogP) is 3.58. The van der Waals surface area contributed by atoms with Crippen LogP contribution in [-0.4, -0.2) is 22.7 Å². The molecule has 0 spiro atoms. The van der Waals surface area contributed by atoms with E-state index < -0.39 is 5.97 Å². The molecule has 116 valence electrons. The maximum absolute atomic E-state index is 12.8. The summed E-state index contributed by atoms with van der Waals surface area (Å²) in [5.41, 5.74) is 1.23. The van der Waals surface area contributed by atoms with Gasteiger partial charge >= 0.3 is 5.97 Å². The third-order valence-corrected chi connectivity index (χ3v) is 3.84. The lowest BCUT2D eigenvalue weighted by Gasteiger charge is -2.07. The van der Waals surface area contributed by atoms with E-state index in [4.69, 9.17) is 17.0 Å². The van der Waals surface area contributed by atoms with Gasteiger partial charge in [-0.3, -0.25) is 0 Å². The second-order valence-electron chi connectivity index (χ2n) is 4.24. The molecule has 22 heavy (non-hydrogen) atoms. The first-order valence-electron chi connectivity index (χ1n) is 6.47. The van der Waals surface area contributed by atoms with Gasteiger partial charge in [0.25, 0.3) is 0 Å². The monoisotopic (exact) mass is 339 g/mol. The zero-order valence-electron chi connectivity index (χ0n) is 12.0. The quantitative estimate of drug-likeness (QED) is 0.656. The normalized spacial score (nSPS) is 10.1. The van der Waals surface area contributed by atoms with Crippen molar-refractivity contribution in [3.63, 3.8) is 0 Å². The van der Waals surface area contributed by atoms with Gasteiger partial charge in [-0.15, -0.1) is 0 Å². The highest BCUT2D eigenvalue weighted by atomic mass is 32.1.